The molecule has 0 radical (unpaired) electrons. The zero-order valence-corrected chi connectivity index (χ0v) is 14.9. The SMILES string of the molecule is O=C(CC(F)(F)F)N1CCC(NC(=O)C2(O)CCc3ccccc3C2)CC1. The van der Waals surface area contributed by atoms with Gasteiger partial charge in [0.2, 0.25) is 5.91 Å². The Morgan fingerprint density at radius 3 is 2.44 bits per heavy atom. The highest BCUT2D eigenvalue weighted by molar-refractivity contribution is 5.86. The van der Waals surface area contributed by atoms with E-state index in [1.807, 2.05) is 24.3 Å². The van der Waals surface area contributed by atoms with E-state index in [4.69, 9.17) is 0 Å². The van der Waals surface area contributed by atoms with Crippen LogP contribution in [0, 0.1) is 0 Å². The third-order valence-electron chi connectivity index (χ3n) is 5.37. The van der Waals surface area contributed by atoms with E-state index in [0.717, 1.165) is 11.1 Å². The minimum absolute atomic E-state index is 0.168. The molecule has 5 nitrogen and oxygen atoms in total. The Kier molecular flexibility index (Phi) is 5.46. The topological polar surface area (TPSA) is 69.6 Å². The molecule has 1 heterocycles. The summed E-state index contributed by atoms with van der Waals surface area (Å²) in [5, 5.41) is 13.6. The molecule has 1 aromatic carbocycles. The molecule has 1 aliphatic heterocycles. The molecule has 0 bridgehead atoms. The van der Waals surface area contributed by atoms with Gasteiger partial charge in [-0.1, -0.05) is 24.3 Å². The molecule has 1 aromatic rings. The van der Waals surface area contributed by atoms with Crippen molar-refractivity contribution >= 4 is 11.8 Å². The van der Waals surface area contributed by atoms with Crippen molar-refractivity contribution in [3.63, 3.8) is 0 Å². The quantitative estimate of drug-likeness (QED) is 0.837. The fraction of sp³-hybridized carbons (Fsp3) is 0.579. The van der Waals surface area contributed by atoms with Crippen molar-refractivity contribution in [2.24, 2.45) is 0 Å². The van der Waals surface area contributed by atoms with Crippen LogP contribution in [0.1, 0.15) is 36.8 Å². The first-order valence-corrected chi connectivity index (χ1v) is 9.11. The summed E-state index contributed by atoms with van der Waals surface area (Å²) in [5.41, 5.74) is 0.609. The van der Waals surface area contributed by atoms with E-state index in [2.05, 4.69) is 5.32 Å². The average Bonchev–Trinajstić information content (AvgIpc) is 2.60. The Morgan fingerprint density at radius 1 is 1.19 bits per heavy atom. The molecule has 2 aliphatic rings. The zero-order valence-electron chi connectivity index (χ0n) is 14.9. The van der Waals surface area contributed by atoms with Crippen molar-refractivity contribution in [2.75, 3.05) is 13.1 Å². The summed E-state index contributed by atoms with van der Waals surface area (Å²) in [5.74, 6) is -1.38. The van der Waals surface area contributed by atoms with Gasteiger partial charge in [0.15, 0.2) is 0 Å². The normalized spacial score (nSPS) is 23.6. The lowest BCUT2D eigenvalue weighted by atomic mass is 9.79. The molecule has 0 spiro atoms. The Labute approximate surface area is 155 Å². The van der Waals surface area contributed by atoms with Crippen molar-refractivity contribution in [3.05, 3.63) is 35.4 Å². The largest absolute Gasteiger partial charge is 0.397 e. The number of amides is 2. The van der Waals surface area contributed by atoms with Crippen LogP contribution in [0.15, 0.2) is 24.3 Å². The van der Waals surface area contributed by atoms with Crippen LogP contribution in [0.3, 0.4) is 0 Å². The minimum Gasteiger partial charge on any atom is -0.380 e. The van der Waals surface area contributed by atoms with Crippen LogP contribution < -0.4 is 5.32 Å². The number of aryl methyl sites for hydroxylation is 1. The number of aliphatic hydroxyl groups is 1. The molecule has 1 unspecified atom stereocenters. The summed E-state index contributed by atoms with van der Waals surface area (Å²) in [6.07, 6.45) is -4.02. The van der Waals surface area contributed by atoms with E-state index < -0.39 is 30.0 Å². The Morgan fingerprint density at radius 2 is 1.81 bits per heavy atom. The zero-order chi connectivity index (χ0) is 19.7. The van der Waals surface area contributed by atoms with E-state index in [0.29, 0.717) is 25.7 Å². The van der Waals surface area contributed by atoms with E-state index >= 15 is 0 Å². The first kappa shape index (κ1) is 19.7. The number of carbonyl (C=O) groups is 2. The molecule has 0 aromatic heterocycles. The maximum absolute atomic E-state index is 12.6. The second-order valence-electron chi connectivity index (χ2n) is 7.40. The fourth-order valence-electron chi connectivity index (χ4n) is 3.79. The third-order valence-corrected chi connectivity index (χ3v) is 5.37. The maximum Gasteiger partial charge on any atom is 0.397 e. The van der Waals surface area contributed by atoms with E-state index in [1.165, 1.54) is 4.90 Å². The molecule has 1 saturated heterocycles. The highest BCUT2D eigenvalue weighted by atomic mass is 19.4. The van der Waals surface area contributed by atoms with Crippen LogP contribution in [0.5, 0.6) is 0 Å². The van der Waals surface area contributed by atoms with Gasteiger partial charge in [0.05, 0.1) is 0 Å². The highest BCUT2D eigenvalue weighted by Gasteiger charge is 2.40. The second-order valence-corrected chi connectivity index (χ2v) is 7.40. The van der Waals surface area contributed by atoms with Gasteiger partial charge in [-0.2, -0.15) is 13.2 Å². The minimum atomic E-state index is -4.51. The summed E-state index contributed by atoms with van der Waals surface area (Å²) in [6, 6.07) is 7.43. The molecule has 3 rings (SSSR count). The number of nitrogens with zero attached hydrogens (tertiary/aromatic N) is 1. The lowest BCUT2D eigenvalue weighted by Crippen LogP contribution is -2.55. The Balaban J connectivity index is 1.52. The predicted molar refractivity (Wildman–Crippen MR) is 91.8 cm³/mol. The number of rotatable bonds is 3. The van der Waals surface area contributed by atoms with Gasteiger partial charge >= 0.3 is 6.18 Å². The molecule has 27 heavy (non-hydrogen) atoms. The molecule has 2 amide bonds. The lowest BCUT2D eigenvalue weighted by molar-refractivity contribution is -0.162. The number of benzene rings is 1. The standard InChI is InChI=1S/C19H23F3N2O3/c20-19(21,22)12-16(25)24-9-6-15(7-10-24)23-17(26)18(27)8-5-13-3-1-2-4-14(13)11-18/h1-4,15,27H,5-12H2,(H,23,26). The van der Waals surface area contributed by atoms with Gasteiger partial charge in [-0.25, -0.2) is 0 Å². The van der Waals surface area contributed by atoms with Crippen LogP contribution in [-0.2, 0) is 22.4 Å². The van der Waals surface area contributed by atoms with Crippen molar-refractivity contribution in [1.82, 2.24) is 10.2 Å². The van der Waals surface area contributed by atoms with E-state index in [9.17, 15) is 27.9 Å². The number of piperidine rings is 1. The van der Waals surface area contributed by atoms with Gasteiger partial charge < -0.3 is 15.3 Å². The van der Waals surface area contributed by atoms with Crippen molar-refractivity contribution in [1.29, 1.82) is 0 Å². The fourth-order valence-corrected chi connectivity index (χ4v) is 3.79. The van der Waals surface area contributed by atoms with E-state index in [1.54, 1.807) is 0 Å². The number of nitrogens with one attached hydrogen (secondary N) is 1. The second kappa shape index (κ2) is 7.50. The highest BCUT2D eigenvalue weighted by Crippen LogP contribution is 2.29. The third kappa shape index (κ3) is 4.80. The summed E-state index contributed by atoms with van der Waals surface area (Å²) >= 11 is 0. The van der Waals surface area contributed by atoms with Gasteiger partial charge in [-0.05, 0) is 36.8 Å². The molecule has 2 N–H and O–H groups in total. The van der Waals surface area contributed by atoms with Gasteiger partial charge in [0.1, 0.15) is 12.0 Å². The molecular formula is C19H23F3N2O3. The molecule has 1 atom stereocenters. The summed E-state index contributed by atoms with van der Waals surface area (Å²) in [7, 11) is 0. The summed E-state index contributed by atoms with van der Waals surface area (Å²) in [6.45, 7) is 0.336. The monoisotopic (exact) mass is 384 g/mol. The smallest absolute Gasteiger partial charge is 0.380 e. The van der Waals surface area contributed by atoms with Gasteiger partial charge in [0, 0.05) is 25.6 Å². The molecule has 1 fully saturated rings. The number of alkyl halides is 3. The number of fused-ring (bicyclic) bond motifs is 1. The van der Waals surface area contributed by atoms with Gasteiger partial charge in [-0.15, -0.1) is 0 Å². The number of hydrogen-bond donors (Lipinski definition) is 2. The van der Waals surface area contributed by atoms with Gasteiger partial charge in [0.25, 0.3) is 5.91 Å². The number of carbonyl (C=O) groups excluding carboxylic acids is 2. The summed E-state index contributed by atoms with van der Waals surface area (Å²) in [4.78, 5) is 25.4. The molecule has 1 aliphatic carbocycles. The molecule has 148 valence electrons. The number of halogens is 3. The first-order chi connectivity index (χ1) is 12.7. The molecule has 8 heteroatoms. The van der Waals surface area contributed by atoms with Gasteiger partial charge in [-0.3, -0.25) is 9.59 Å². The molecule has 0 saturated carbocycles. The average molecular weight is 384 g/mol. The van der Waals surface area contributed by atoms with Crippen LogP contribution in [0.25, 0.3) is 0 Å². The number of likely N-dealkylation sites (tertiary alicyclic amines) is 1. The molecular weight excluding hydrogens is 361 g/mol. The van der Waals surface area contributed by atoms with Crippen molar-refractivity contribution < 1.29 is 27.9 Å². The Hall–Kier alpha value is -2.09. The van der Waals surface area contributed by atoms with Crippen LogP contribution in [0.2, 0.25) is 0 Å². The van der Waals surface area contributed by atoms with Crippen molar-refractivity contribution in [2.45, 2.75) is 56.3 Å². The summed E-state index contributed by atoms with van der Waals surface area (Å²) < 4.78 is 37.0. The predicted octanol–water partition coefficient (Wildman–Crippen LogP) is 1.97. The van der Waals surface area contributed by atoms with Crippen LogP contribution in [-0.4, -0.2) is 52.7 Å². The van der Waals surface area contributed by atoms with Crippen LogP contribution >= 0.6 is 0 Å². The number of hydrogen-bond acceptors (Lipinski definition) is 3. The first-order valence-electron chi connectivity index (χ1n) is 9.11. The van der Waals surface area contributed by atoms with Crippen LogP contribution in [0.4, 0.5) is 13.2 Å². The lowest BCUT2D eigenvalue weighted by Gasteiger charge is -2.36. The van der Waals surface area contributed by atoms with Crippen molar-refractivity contribution in [3.8, 4) is 0 Å². The Bertz CT molecular complexity index is 714. The maximum atomic E-state index is 12.6. The van der Waals surface area contributed by atoms with E-state index in [-0.39, 0.29) is 25.6 Å².